The smallest absolute Gasteiger partial charge is 0.249 e. The number of pyridine rings is 1. The molecule has 2 heterocycles. The van der Waals surface area contributed by atoms with E-state index in [1.54, 1.807) is 23.6 Å². The van der Waals surface area contributed by atoms with Gasteiger partial charge in [0.05, 0.1) is 11.2 Å². The Morgan fingerprint density at radius 1 is 0.923 bits per heavy atom. The third kappa shape index (κ3) is 3.41. The molecule has 0 unspecified atom stereocenters. The summed E-state index contributed by atoms with van der Waals surface area (Å²) in [5, 5.41) is 5.98. The van der Waals surface area contributed by atoms with Crippen LogP contribution in [0.4, 0.5) is 5.69 Å². The molecule has 3 nitrogen and oxygen atoms in total. The summed E-state index contributed by atoms with van der Waals surface area (Å²) in [5.74, 6) is -0.171. The quantitative estimate of drug-likeness (QED) is 0.500. The van der Waals surface area contributed by atoms with Gasteiger partial charge in [0.15, 0.2) is 0 Å². The van der Waals surface area contributed by atoms with Crippen LogP contribution < -0.4 is 5.32 Å². The van der Waals surface area contributed by atoms with Crippen molar-refractivity contribution in [1.82, 2.24) is 4.98 Å². The van der Waals surface area contributed by atoms with Gasteiger partial charge in [0.2, 0.25) is 5.91 Å². The molecule has 0 aliphatic heterocycles. The zero-order chi connectivity index (χ0) is 17.8. The molecule has 4 heteroatoms. The van der Waals surface area contributed by atoms with Crippen molar-refractivity contribution < 1.29 is 4.79 Å². The molecule has 2 aromatic heterocycles. The van der Waals surface area contributed by atoms with Gasteiger partial charge in [0.1, 0.15) is 0 Å². The van der Waals surface area contributed by atoms with Crippen LogP contribution in [-0.2, 0) is 4.79 Å². The predicted octanol–water partition coefficient (Wildman–Crippen LogP) is 5.37. The van der Waals surface area contributed by atoms with Crippen LogP contribution in [0.5, 0.6) is 0 Å². The van der Waals surface area contributed by atoms with Gasteiger partial charge in [-0.15, -0.1) is 11.3 Å². The van der Waals surface area contributed by atoms with E-state index in [2.05, 4.69) is 10.3 Å². The van der Waals surface area contributed by atoms with Gasteiger partial charge in [0, 0.05) is 28.1 Å². The monoisotopic (exact) mass is 356 g/mol. The van der Waals surface area contributed by atoms with E-state index in [1.807, 2.05) is 78.2 Å². The number of amides is 1. The molecule has 1 N–H and O–H groups in total. The number of hydrogen-bond acceptors (Lipinski definition) is 3. The van der Waals surface area contributed by atoms with Crippen molar-refractivity contribution in [2.24, 2.45) is 0 Å². The van der Waals surface area contributed by atoms with Crippen molar-refractivity contribution in [3.05, 3.63) is 101 Å². The van der Waals surface area contributed by atoms with Crippen LogP contribution in [-0.4, -0.2) is 10.9 Å². The summed E-state index contributed by atoms with van der Waals surface area (Å²) in [6.07, 6.45) is 3.39. The average Bonchev–Trinajstić information content (AvgIpc) is 3.22. The number of nitrogens with zero attached hydrogens (tertiary/aromatic N) is 1. The van der Waals surface area contributed by atoms with Gasteiger partial charge in [-0.1, -0.05) is 54.6 Å². The maximum absolute atomic E-state index is 12.7. The summed E-state index contributed by atoms with van der Waals surface area (Å²) in [5.41, 5.74) is 3.42. The number of aromatic nitrogens is 1. The highest BCUT2D eigenvalue weighted by molar-refractivity contribution is 7.11. The number of thiophene rings is 1. The molecule has 0 fully saturated rings. The molecule has 0 atom stereocenters. The van der Waals surface area contributed by atoms with E-state index in [4.69, 9.17) is 0 Å². The lowest BCUT2D eigenvalue weighted by Crippen LogP contribution is -2.09. The Hall–Kier alpha value is -3.24. The normalized spacial score (nSPS) is 11.5. The second-order valence-electron chi connectivity index (χ2n) is 5.77. The standard InChI is InChI=1S/C22H16N2OS/c25-21(24-19-11-4-9-17-10-5-13-23-22(17)19)15-18(20-12-6-14-26-20)16-7-2-1-3-8-16/h1-15H,(H,24,25)/b18-15-. The Kier molecular flexibility index (Phi) is 4.58. The second kappa shape index (κ2) is 7.33. The van der Waals surface area contributed by atoms with E-state index < -0.39 is 0 Å². The first-order valence-electron chi connectivity index (χ1n) is 8.27. The number of anilines is 1. The van der Waals surface area contributed by atoms with Crippen LogP contribution in [0.3, 0.4) is 0 Å². The number of rotatable bonds is 4. The molecule has 4 aromatic rings. The molecule has 126 valence electrons. The van der Waals surface area contributed by atoms with Gasteiger partial charge in [-0.3, -0.25) is 9.78 Å². The lowest BCUT2D eigenvalue weighted by Gasteiger charge is -2.08. The number of carbonyl (C=O) groups excluding carboxylic acids is 1. The van der Waals surface area contributed by atoms with Crippen molar-refractivity contribution in [2.45, 2.75) is 0 Å². The Bertz CT molecular complexity index is 1060. The van der Waals surface area contributed by atoms with E-state index in [9.17, 15) is 4.79 Å². The largest absolute Gasteiger partial charge is 0.321 e. The number of nitrogens with one attached hydrogen (secondary N) is 1. The molecule has 0 aliphatic rings. The molecule has 26 heavy (non-hydrogen) atoms. The van der Waals surface area contributed by atoms with E-state index in [0.717, 1.165) is 26.9 Å². The van der Waals surface area contributed by atoms with Gasteiger partial charge >= 0.3 is 0 Å². The van der Waals surface area contributed by atoms with Gasteiger partial charge in [-0.25, -0.2) is 0 Å². The first-order chi connectivity index (χ1) is 12.8. The highest BCUT2D eigenvalue weighted by atomic mass is 32.1. The van der Waals surface area contributed by atoms with Crippen LogP contribution in [0.1, 0.15) is 10.4 Å². The molecular formula is C22H16N2OS. The summed E-state index contributed by atoms with van der Waals surface area (Å²) in [6, 6.07) is 23.6. The van der Waals surface area contributed by atoms with Gasteiger partial charge in [0.25, 0.3) is 0 Å². The van der Waals surface area contributed by atoms with E-state index >= 15 is 0 Å². The third-order valence-electron chi connectivity index (χ3n) is 4.04. The summed E-state index contributed by atoms with van der Waals surface area (Å²) in [4.78, 5) is 18.2. The number of hydrogen-bond donors (Lipinski definition) is 1. The molecule has 1 amide bonds. The lowest BCUT2D eigenvalue weighted by molar-refractivity contribution is -0.111. The van der Waals surface area contributed by atoms with Crippen LogP contribution in [0.25, 0.3) is 16.5 Å². The third-order valence-corrected chi connectivity index (χ3v) is 4.94. The number of fused-ring (bicyclic) bond motifs is 1. The van der Waals surface area contributed by atoms with Gasteiger partial charge in [-0.05, 0) is 29.1 Å². The summed E-state index contributed by atoms with van der Waals surface area (Å²) in [6.45, 7) is 0. The van der Waals surface area contributed by atoms with Crippen molar-refractivity contribution >= 4 is 39.4 Å². The zero-order valence-corrected chi connectivity index (χ0v) is 14.7. The minimum absolute atomic E-state index is 0.171. The van der Waals surface area contributed by atoms with Crippen LogP contribution in [0.15, 0.2) is 90.4 Å². The van der Waals surface area contributed by atoms with Crippen LogP contribution >= 0.6 is 11.3 Å². The Morgan fingerprint density at radius 2 is 1.77 bits per heavy atom. The molecule has 0 bridgehead atoms. The number of benzene rings is 2. The molecule has 0 saturated carbocycles. The fourth-order valence-corrected chi connectivity index (χ4v) is 3.62. The fourth-order valence-electron chi connectivity index (χ4n) is 2.85. The van der Waals surface area contributed by atoms with Crippen molar-refractivity contribution in [2.75, 3.05) is 5.32 Å². The maximum Gasteiger partial charge on any atom is 0.249 e. The maximum atomic E-state index is 12.7. The van der Waals surface area contributed by atoms with Crippen molar-refractivity contribution in [3.8, 4) is 0 Å². The minimum atomic E-state index is -0.171. The van der Waals surface area contributed by atoms with Crippen molar-refractivity contribution in [1.29, 1.82) is 0 Å². The minimum Gasteiger partial charge on any atom is -0.321 e. The Morgan fingerprint density at radius 3 is 2.58 bits per heavy atom. The Balaban J connectivity index is 1.70. The zero-order valence-electron chi connectivity index (χ0n) is 13.9. The Labute approximate surface area is 155 Å². The topological polar surface area (TPSA) is 42.0 Å². The highest BCUT2D eigenvalue weighted by Gasteiger charge is 2.10. The first kappa shape index (κ1) is 16.2. The SMILES string of the molecule is O=C(/C=C(/c1ccccc1)c1cccs1)Nc1cccc2cccnc12. The molecule has 0 aliphatic carbocycles. The fraction of sp³-hybridized carbons (Fsp3) is 0. The second-order valence-corrected chi connectivity index (χ2v) is 6.72. The first-order valence-corrected chi connectivity index (χ1v) is 9.15. The van der Waals surface area contributed by atoms with Crippen LogP contribution in [0, 0.1) is 0 Å². The summed E-state index contributed by atoms with van der Waals surface area (Å²) < 4.78 is 0. The molecular weight excluding hydrogens is 340 g/mol. The summed E-state index contributed by atoms with van der Waals surface area (Å²) >= 11 is 1.62. The number of carbonyl (C=O) groups is 1. The van der Waals surface area contributed by atoms with E-state index in [-0.39, 0.29) is 5.91 Å². The summed E-state index contributed by atoms with van der Waals surface area (Å²) in [7, 11) is 0. The molecule has 2 aromatic carbocycles. The predicted molar refractivity (Wildman–Crippen MR) is 108 cm³/mol. The molecule has 4 rings (SSSR count). The van der Waals surface area contributed by atoms with Crippen LogP contribution in [0.2, 0.25) is 0 Å². The molecule has 0 radical (unpaired) electrons. The van der Waals surface area contributed by atoms with Gasteiger partial charge in [-0.2, -0.15) is 0 Å². The lowest BCUT2D eigenvalue weighted by atomic mass is 10.0. The molecule has 0 spiro atoms. The van der Waals surface area contributed by atoms with Gasteiger partial charge < -0.3 is 5.32 Å². The average molecular weight is 356 g/mol. The highest BCUT2D eigenvalue weighted by Crippen LogP contribution is 2.27. The number of para-hydroxylation sites is 1. The van der Waals surface area contributed by atoms with E-state index in [0.29, 0.717) is 5.69 Å². The van der Waals surface area contributed by atoms with E-state index in [1.165, 1.54) is 0 Å². The molecule has 0 saturated heterocycles. The van der Waals surface area contributed by atoms with Crippen molar-refractivity contribution in [3.63, 3.8) is 0 Å².